The Balaban J connectivity index is 1.74. The van der Waals surface area contributed by atoms with Gasteiger partial charge in [0.15, 0.2) is 11.6 Å². The topological polar surface area (TPSA) is 52.6 Å². The summed E-state index contributed by atoms with van der Waals surface area (Å²) in [6, 6.07) is 10.8. The Labute approximate surface area is 145 Å². The van der Waals surface area contributed by atoms with E-state index in [1.807, 2.05) is 12.1 Å². The molecule has 1 amide bonds. The summed E-state index contributed by atoms with van der Waals surface area (Å²) < 4.78 is 27.1. The van der Waals surface area contributed by atoms with Crippen molar-refractivity contribution in [3.63, 3.8) is 0 Å². The molecule has 0 unspecified atom stereocenters. The van der Waals surface area contributed by atoms with Gasteiger partial charge in [-0.15, -0.1) is 0 Å². The maximum absolute atomic E-state index is 13.8. The number of amides is 1. The molecule has 0 aromatic heterocycles. The number of hydrogen-bond donors (Lipinski definition) is 2. The van der Waals surface area contributed by atoms with Gasteiger partial charge < -0.3 is 10.4 Å². The fourth-order valence-electron chi connectivity index (χ4n) is 2.97. The second-order valence-corrected chi connectivity index (χ2v) is 6.22. The van der Waals surface area contributed by atoms with Crippen LogP contribution in [-0.4, -0.2) is 35.1 Å². The Kier molecular flexibility index (Phi) is 5.40. The van der Waals surface area contributed by atoms with E-state index in [4.69, 9.17) is 0 Å². The first kappa shape index (κ1) is 17.5. The number of carbonyl (C=O) groups is 1. The van der Waals surface area contributed by atoms with Crippen LogP contribution in [0.2, 0.25) is 0 Å². The number of nitrogens with zero attached hydrogens (tertiary/aromatic N) is 1. The minimum absolute atomic E-state index is 0.248. The second-order valence-electron chi connectivity index (χ2n) is 6.22. The third-order valence-corrected chi connectivity index (χ3v) is 4.41. The summed E-state index contributed by atoms with van der Waals surface area (Å²) in [6.07, 6.45) is 1.20. The zero-order valence-electron chi connectivity index (χ0n) is 13.7. The van der Waals surface area contributed by atoms with Gasteiger partial charge in [0, 0.05) is 25.3 Å². The lowest BCUT2D eigenvalue weighted by molar-refractivity contribution is 0.0793. The van der Waals surface area contributed by atoms with Crippen LogP contribution >= 0.6 is 0 Å². The molecule has 4 nitrogen and oxygen atoms in total. The van der Waals surface area contributed by atoms with E-state index >= 15 is 0 Å². The summed E-state index contributed by atoms with van der Waals surface area (Å²) in [5, 5.41) is 12.3. The molecule has 1 aliphatic heterocycles. The molecule has 1 heterocycles. The largest absolute Gasteiger partial charge is 0.393 e. The first-order chi connectivity index (χ1) is 12.0. The molecule has 0 atom stereocenters. The summed E-state index contributed by atoms with van der Waals surface area (Å²) in [6.45, 7) is 2.18. The normalized spacial score (nSPS) is 16.0. The number of para-hydroxylation sites is 1. The lowest BCUT2D eigenvalue weighted by Crippen LogP contribution is -2.35. The number of aliphatic hydroxyl groups is 1. The van der Waals surface area contributed by atoms with Gasteiger partial charge >= 0.3 is 0 Å². The summed E-state index contributed by atoms with van der Waals surface area (Å²) >= 11 is 0. The molecular weight excluding hydrogens is 326 g/mol. The van der Waals surface area contributed by atoms with Gasteiger partial charge in [0.25, 0.3) is 5.91 Å². The summed E-state index contributed by atoms with van der Waals surface area (Å²) in [5.41, 5.74) is 1.14. The quantitative estimate of drug-likeness (QED) is 0.894. The highest BCUT2D eigenvalue weighted by molar-refractivity contribution is 6.04. The number of rotatable bonds is 4. The maximum atomic E-state index is 13.8. The van der Waals surface area contributed by atoms with Crippen molar-refractivity contribution in [3.8, 4) is 0 Å². The van der Waals surface area contributed by atoms with Gasteiger partial charge in [-0.2, -0.15) is 0 Å². The highest BCUT2D eigenvalue weighted by Crippen LogP contribution is 2.21. The van der Waals surface area contributed by atoms with Gasteiger partial charge in [-0.05, 0) is 36.6 Å². The average Bonchev–Trinajstić information content (AvgIpc) is 2.61. The number of likely N-dealkylation sites (tertiary alicyclic amines) is 1. The molecule has 2 N–H and O–H groups in total. The Morgan fingerprint density at radius 2 is 1.84 bits per heavy atom. The number of halogens is 2. The first-order valence-electron chi connectivity index (χ1n) is 8.28. The van der Waals surface area contributed by atoms with Crippen LogP contribution in [0.4, 0.5) is 14.5 Å². The van der Waals surface area contributed by atoms with Gasteiger partial charge in [0.1, 0.15) is 0 Å². The fraction of sp³-hybridized carbons (Fsp3) is 0.316. The predicted molar refractivity (Wildman–Crippen MR) is 91.3 cm³/mol. The van der Waals surface area contributed by atoms with Crippen LogP contribution in [0.15, 0.2) is 42.5 Å². The molecule has 1 saturated heterocycles. The highest BCUT2D eigenvalue weighted by atomic mass is 19.2. The number of hydrogen-bond acceptors (Lipinski definition) is 3. The number of piperidine rings is 1. The third kappa shape index (κ3) is 4.21. The van der Waals surface area contributed by atoms with Crippen molar-refractivity contribution in [2.75, 3.05) is 18.4 Å². The van der Waals surface area contributed by atoms with Crippen molar-refractivity contribution in [2.45, 2.75) is 25.5 Å². The maximum Gasteiger partial charge on any atom is 0.258 e. The van der Waals surface area contributed by atoms with Gasteiger partial charge in [-0.3, -0.25) is 9.69 Å². The molecular formula is C19H20F2N2O2. The van der Waals surface area contributed by atoms with Gasteiger partial charge in [0.2, 0.25) is 0 Å². The van der Waals surface area contributed by atoms with Crippen LogP contribution in [-0.2, 0) is 6.54 Å². The Morgan fingerprint density at radius 1 is 1.12 bits per heavy atom. The molecule has 0 saturated carbocycles. The molecule has 6 heteroatoms. The Hall–Kier alpha value is -2.31. The molecule has 0 aliphatic carbocycles. The van der Waals surface area contributed by atoms with E-state index in [1.54, 1.807) is 12.1 Å². The number of aliphatic hydroxyl groups excluding tert-OH is 1. The number of benzene rings is 2. The number of anilines is 1. The molecule has 0 bridgehead atoms. The average molecular weight is 346 g/mol. The van der Waals surface area contributed by atoms with E-state index < -0.39 is 17.5 Å². The molecule has 2 aromatic rings. The minimum Gasteiger partial charge on any atom is -0.393 e. The van der Waals surface area contributed by atoms with E-state index in [1.165, 1.54) is 12.1 Å². The molecule has 0 spiro atoms. The summed E-state index contributed by atoms with van der Waals surface area (Å²) in [4.78, 5) is 14.5. The van der Waals surface area contributed by atoms with Crippen LogP contribution in [0.3, 0.4) is 0 Å². The highest BCUT2D eigenvalue weighted by Gasteiger charge is 2.19. The summed E-state index contributed by atoms with van der Waals surface area (Å²) in [5.74, 6) is -2.88. The van der Waals surface area contributed by atoms with Crippen LogP contribution in [0.5, 0.6) is 0 Å². The molecule has 132 valence electrons. The van der Waals surface area contributed by atoms with E-state index in [2.05, 4.69) is 10.2 Å². The number of nitrogens with one attached hydrogen (secondary N) is 1. The molecule has 3 rings (SSSR count). The lowest BCUT2D eigenvalue weighted by Gasteiger charge is -2.30. The van der Waals surface area contributed by atoms with Crippen molar-refractivity contribution in [3.05, 3.63) is 65.2 Å². The zero-order chi connectivity index (χ0) is 17.8. The Bertz CT molecular complexity index is 759. The zero-order valence-corrected chi connectivity index (χ0v) is 13.7. The van der Waals surface area contributed by atoms with Crippen LogP contribution in [0.1, 0.15) is 28.8 Å². The molecule has 25 heavy (non-hydrogen) atoms. The summed E-state index contributed by atoms with van der Waals surface area (Å²) in [7, 11) is 0. The Morgan fingerprint density at radius 3 is 2.60 bits per heavy atom. The second kappa shape index (κ2) is 7.72. The fourth-order valence-corrected chi connectivity index (χ4v) is 2.97. The predicted octanol–water partition coefficient (Wildman–Crippen LogP) is 3.17. The van der Waals surface area contributed by atoms with Gasteiger partial charge in [-0.25, -0.2) is 8.78 Å². The van der Waals surface area contributed by atoms with E-state index in [9.17, 15) is 18.7 Å². The molecule has 1 aliphatic rings. The van der Waals surface area contributed by atoms with Crippen molar-refractivity contribution in [1.82, 2.24) is 4.90 Å². The van der Waals surface area contributed by atoms with Gasteiger partial charge in [-0.1, -0.05) is 24.3 Å². The molecule has 1 fully saturated rings. The monoisotopic (exact) mass is 346 g/mol. The third-order valence-electron chi connectivity index (χ3n) is 4.41. The van der Waals surface area contributed by atoms with Crippen molar-refractivity contribution in [1.29, 1.82) is 0 Å². The number of carbonyl (C=O) groups excluding carboxylic acids is 1. The smallest absolute Gasteiger partial charge is 0.258 e. The van der Waals surface area contributed by atoms with E-state index in [0.29, 0.717) is 12.2 Å². The SMILES string of the molecule is O=C(Nc1ccccc1CN1CCC(O)CC1)c1cccc(F)c1F. The minimum atomic E-state index is -1.15. The van der Waals surface area contributed by atoms with Crippen LogP contribution in [0, 0.1) is 11.6 Å². The van der Waals surface area contributed by atoms with E-state index in [0.717, 1.165) is 37.6 Å². The van der Waals surface area contributed by atoms with Crippen molar-refractivity contribution >= 4 is 11.6 Å². The van der Waals surface area contributed by atoms with Crippen molar-refractivity contribution < 1.29 is 18.7 Å². The standard InChI is InChI=1S/C19H20F2N2O2/c20-16-6-3-5-15(18(16)21)19(25)22-17-7-2-1-4-13(17)12-23-10-8-14(24)9-11-23/h1-7,14,24H,8-12H2,(H,22,25). The van der Waals surface area contributed by atoms with Crippen LogP contribution in [0.25, 0.3) is 0 Å². The first-order valence-corrected chi connectivity index (χ1v) is 8.28. The van der Waals surface area contributed by atoms with Gasteiger partial charge in [0.05, 0.1) is 11.7 Å². The van der Waals surface area contributed by atoms with E-state index in [-0.39, 0.29) is 11.7 Å². The molecule has 2 aromatic carbocycles. The lowest BCUT2D eigenvalue weighted by atomic mass is 10.1. The molecule has 0 radical (unpaired) electrons. The van der Waals surface area contributed by atoms with Crippen LogP contribution < -0.4 is 5.32 Å². The van der Waals surface area contributed by atoms with Crippen molar-refractivity contribution in [2.24, 2.45) is 0 Å².